The number of carbonyl (C=O) groups is 1. The Bertz CT molecular complexity index is 398. The smallest absolute Gasteiger partial charge is 0.482 e. The zero-order valence-corrected chi connectivity index (χ0v) is 9.15. The second-order valence-electron chi connectivity index (χ2n) is 2.85. The maximum Gasteiger partial charge on any atom is 0.482 e. The van der Waals surface area contributed by atoms with Crippen LogP contribution in [0.4, 0.5) is 13.2 Å². The third kappa shape index (κ3) is 3.40. The van der Waals surface area contributed by atoms with E-state index >= 15 is 0 Å². The molecular formula is C10H6AlF3O2. The van der Waals surface area contributed by atoms with Crippen LogP contribution in [-0.4, -0.2) is 28.6 Å². The van der Waals surface area contributed by atoms with Crippen molar-refractivity contribution in [3.8, 4) is 0 Å². The maximum absolute atomic E-state index is 12.2. The topological polar surface area (TPSA) is 26.3 Å². The minimum atomic E-state index is -4.67. The molecule has 0 heterocycles. The van der Waals surface area contributed by atoms with E-state index in [1.54, 1.807) is 18.2 Å². The largest absolute Gasteiger partial charge is 0.650 e. The molecule has 0 bridgehead atoms. The van der Waals surface area contributed by atoms with E-state index in [2.05, 4.69) is 3.79 Å². The molecule has 0 N–H and O–H groups in total. The number of rotatable bonds is 3. The normalized spacial score (nSPS) is 12.3. The van der Waals surface area contributed by atoms with Crippen LogP contribution in [0.1, 0.15) is 10.4 Å². The minimum Gasteiger partial charge on any atom is -0.650 e. The van der Waals surface area contributed by atoms with Gasteiger partial charge >= 0.3 is 22.8 Å². The van der Waals surface area contributed by atoms with Gasteiger partial charge in [-0.15, -0.1) is 0 Å². The Labute approximate surface area is 98.5 Å². The Morgan fingerprint density at radius 2 is 1.81 bits per heavy atom. The second-order valence-corrected chi connectivity index (χ2v) is 3.09. The van der Waals surface area contributed by atoms with Gasteiger partial charge < -0.3 is 3.79 Å². The average molecular weight is 242 g/mol. The summed E-state index contributed by atoms with van der Waals surface area (Å²) in [4.78, 5) is 11.4. The van der Waals surface area contributed by atoms with Gasteiger partial charge in [0.15, 0.2) is 11.5 Å². The number of hydrogen-bond donors (Lipinski definition) is 0. The summed E-state index contributed by atoms with van der Waals surface area (Å²) in [6, 6.07) is 7.65. The summed E-state index contributed by atoms with van der Waals surface area (Å²) in [6.07, 6.45) is -4.26. The summed E-state index contributed by atoms with van der Waals surface area (Å²) in [5, 5.41) is 0. The van der Waals surface area contributed by atoms with E-state index in [4.69, 9.17) is 0 Å². The van der Waals surface area contributed by atoms with Crippen molar-refractivity contribution >= 4 is 22.4 Å². The summed E-state index contributed by atoms with van der Waals surface area (Å²) < 4.78 is 40.8. The Morgan fingerprint density at radius 3 is 2.25 bits per heavy atom. The van der Waals surface area contributed by atoms with E-state index in [1.807, 2.05) is 0 Å². The molecule has 6 heteroatoms. The van der Waals surface area contributed by atoms with Crippen molar-refractivity contribution in [1.29, 1.82) is 0 Å². The van der Waals surface area contributed by atoms with Gasteiger partial charge in [-0.3, -0.25) is 4.79 Å². The molecule has 82 valence electrons. The Balaban J connectivity index is 2.96. The quantitative estimate of drug-likeness (QED) is 0.352. The van der Waals surface area contributed by atoms with Crippen LogP contribution in [0, 0.1) is 0 Å². The molecule has 0 atom stereocenters. The molecule has 0 fully saturated rings. The fourth-order valence-corrected chi connectivity index (χ4v) is 1.19. The van der Waals surface area contributed by atoms with Crippen LogP contribution in [0.25, 0.3) is 0 Å². The van der Waals surface area contributed by atoms with Crippen LogP contribution in [-0.2, 0) is 3.79 Å². The van der Waals surface area contributed by atoms with Crippen molar-refractivity contribution in [2.45, 2.75) is 6.18 Å². The lowest BCUT2D eigenvalue weighted by Gasteiger charge is -2.11. The zero-order chi connectivity index (χ0) is 12.2. The van der Waals surface area contributed by atoms with Gasteiger partial charge in [0.05, 0.1) is 0 Å². The van der Waals surface area contributed by atoms with Gasteiger partial charge in [-0.1, -0.05) is 30.3 Å². The number of ketones is 1. The molecule has 0 amide bonds. The van der Waals surface area contributed by atoms with Crippen LogP contribution < -0.4 is 0 Å². The monoisotopic (exact) mass is 242 g/mol. The Kier molecular flexibility index (Phi) is 4.16. The molecule has 16 heavy (non-hydrogen) atoms. The molecule has 0 aliphatic rings. The highest BCUT2D eigenvalue weighted by atomic mass is 27.1. The van der Waals surface area contributed by atoms with Gasteiger partial charge in [0, 0.05) is 11.6 Å². The lowest BCUT2D eigenvalue weighted by molar-refractivity contribution is -0.115. The predicted octanol–water partition coefficient (Wildman–Crippen LogP) is 2.42. The molecule has 1 aromatic carbocycles. The number of halogens is 3. The van der Waals surface area contributed by atoms with Crippen LogP contribution in [0.3, 0.4) is 0 Å². The van der Waals surface area contributed by atoms with Crippen molar-refractivity contribution in [2.75, 3.05) is 0 Å². The first-order valence-electron chi connectivity index (χ1n) is 4.20. The van der Waals surface area contributed by atoms with Gasteiger partial charge in [0.25, 0.3) is 0 Å². The molecule has 0 saturated carbocycles. The highest BCUT2D eigenvalue weighted by Crippen LogP contribution is 2.26. The number of alkyl halides is 3. The lowest BCUT2D eigenvalue weighted by atomic mass is 10.1. The average Bonchev–Trinajstić information content (AvgIpc) is 2.25. The van der Waals surface area contributed by atoms with Gasteiger partial charge in [-0.05, 0) is 0 Å². The molecule has 1 rings (SSSR count). The molecular weight excluding hydrogens is 236 g/mol. The Morgan fingerprint density at radius 1 is 1.25 bits per heavy atom. The van der Waals surface area contributed by atoms with Gasteiger partial charge in [-0.25, -0.2) is 0 Å². The van der Waals surface area contributed by atoms with Crippen LogP contribution in [0.2, 0.25) is 0 Å². The molecule has 2 nitrogen and oxygen atoms in total. The fraction of sp³-hybridized carbons (Fsp3) is 0.100. The van der Waals surface area contributed by atoms with Crippen molar-refractivity contribution in [1.82, 2.24) is 0 Å². The molecule has 0 aliphatic carbocycles. The van der Waals surface area contributed by atoms with Crippen molar-refractivity contribution in [2.24, 2.45) is 0 Å². The summed E-state index contributed by atoms with van der Waals surface area (Å²) in [5.74, 6) is -2.10. The lowest BCUT2D eigenvalue weighted by Crippen LogP contribution is -2.15. The van der Waals surface area contributed by atoms with E-state index in [0.29, 0.717) is 6.08 Å². The first-order chi connectivity index (χ1) is 7.45. The number of benzene rings is 1. The minimum absolute atomic E-state index is 0.173. The first-order valence-corrected chi connectivity index (χ1v) is 4.67. The molecule has 0 spiro atoms. The van der Waals surface area contributed by atoms with Crippen LogP contribution in [0.15, 0.2) is 42.2 Å². The molecule has 0 unspecified atom stereocenters. The summed E-state index contributed by atoms with van der Waals surface area (Å²) >= 11 is 1.47. The molecule has 0 saturated heterocycles. The van der Waals surface area contributed by atoms with Gasteiger partial charge in [0.1, 0.15) is 0 Å². The number of hydrogen-bond acceptors (Lipinski definition) is 2. The standard InChI is InChI=1S/C10H7F3O2.Al/c11-10(12,13)9(15)6-8(14)7-4-2-1-3-5-7;/h1-6,15H;/q;+1/p-1/b9-6-;. The number of allylic oxidation sites excluding steroid dienone is 2. The van der Waals surface area contributed by atoms with Crippen molar-refractivity contribution < 1.29 is 21.8 Å². The van der Waals surface area contributed by atoms with E-state index in [-0.39, 0.29) is 5.56 Å². The van der Waals surface area contributed by atoms with Crippen molar-refractivity contribution in [3.63, 3.8) is 0 Å². The Hall–Kier alpha value is -1.25. The van der Waals surface area contributed by atoms with Crippen LogP contribution >= 0.6 is 0 Å². The van der Waals surface area contributed by atoms with E-state index < -0.39 is 17.7 Å². The van der Waals surface area contributed by atoms with E-state index in [9.17, 15) is 18.0 Å². The van der Waals surface area contributed by atoms with E-state index in [0.717, 1.165) is 0 Å². The highest BCUT2D eigenvalue weighted by Gasteiger charge is 2.34. The fourth-order valence-electron chi connectivity index (χ4n) is 0.987. The molecule has 1 aromatic rings. The van der Waals surface area contributed by atoms with Crippen molar-refractivity contribution in [3.05, 3.63) is 47.7 Å². The molecule has 0 aromatic heterocycles. The summed E-state index contributed by atoms with van der Waals surface area (Å²) in [5.41, 5.74) is 0.173. The SMILES string of the molecule is O=C(/C=C(\[O][Al])C(F)(F)F)c1ccccc1. The number of carbonyl (C=O) groups excluding carboxylic acids is 1. The second kappa shape index (κ2) is 5.19. The zero-order valence-electron chi connectivity index (χ0n) is 7.99. The van der Waals surface area contributed by atoms with Crippen LogP contribution in [0.5, 0.6) is 0 Å². The summed E-state index contributed by atoms with van der Waals surface area (Å²) in [6.45, 7) is 0. The predicted molar refractivity (Wildman–Crippen MR) is 51.7 cm³/mol. The van der Waals surface area contributed by atoms with Gasteiger partial charge in [-0.2, -0.15) is 13.2 Å². The maximum atomic E-state index is 12.2. The highest BCUT2D eigenvalue weighted by molar-refractivity contribution is 6.05. The summed E-state index contributed by atoms with van der Waals surface area (Å²) in [7, 11) is 0. The van der Waals surface area contributed by atoms with E-state index in [1.165, 1.54) is 28.8 Å². The van der Waals surface area contributed by atoms with Gasteiger partial charge in [0.2, 0.25) is 0 Å². The molecule has 0 aliphatic heterocycles. The molecule has 2 radical (unpaired) electrons. The third-order valence-electron chi connectivity index (χ3n) is 1.73. The third-order valence-corrected chi connectivity index (χ3v) is 1.98. The first kappa shape index (κ1) is 12.8.